The predicted molar refractivity (Wildman–Crippen MR) is 57.6 cm³/mol. The molecule has 0 bridgehead atoms. The average Bonchev–Trinajstić information content (AvgIpc) is 2.68. The van der Waals surface area contributed by atoms with Crippen LogP contribution < -0.4 is 5.32 Å². The van der Waals surface area contributed by atoms with E-state index in [4.69, 9.17) is 0 Å². The first-order valence-corrected chi connectivity index (χ1v) is 5.69. The van der Waals surface area contributed by atoms with Crippen LogP contribution in [0.3, 0.4) is 0 Å². The number of aromatic amines is 1. The zero-order chi connectivity index (χ0) is 11.5. The van der Waals surface area contributed by atoms with E-state index < -0.39 is 0 Å². The van der Waals surface area contributed by atoms with Crippen molar-refractivity contribution in [2.24, 2.45) is 11.8 Å². The number of amides is 1. The first-order valence-electron chi connectivity index (χ1n) is 5.69. The molecule has 0 radical (unpaired) electrons. The zero-order valence-corrected chi connectivity index (χ0v) is 9.60. The molecule has 2 atom stereocenters. The van der Waals surface area contributed by atoms with Crippen LogP contribution in [0, 0.1) is 11.8 Å². The Labute approximate surface area is 94.2 Å². The number of carbonyl (C=O) groups is 1. The fourth-order valence-corrected chi connectivity index (χ4v) is 2.57. The lowest BCUT2D eigenvalue weighted by atomic mass is 9.80. The van der Waals surface area contributed by atoms with E-state index in [1.807, 2.05) is 0 Å². The molecule has 1 aliphatic carbocycles. The summed E-state index contributed by atoms with van der Waals surface area (Å²) in [6.45, 7) is 4.45. The molecule has 0 aromatic carbocycles. The van der Waals surface area contributed by atoms with Crippen LogP contribution in [-0.4, -0.2) is 32.6 Å². The lowest BCUT2D eigenvalue weighted by Gasteiger charge is -2.31. The number of rotatable bonds is 2. The van der Waals surface area contributed by atoms with Crippen LogP contribution in [0.25, 0.3) is 0 Å². The molecule has 16 heavy (non-hydrogen) atoms. The van der Waals surface area contributed by atoms with Gasteiger partial charge in [0.2, 0.25) is 0 Å². The van der Waals surface area contributed by atoms with Crippen LogP contribution in [0.2, 0.25) is 0 Å². The van der Waals surface area contributed by atoms with Crippen molar-refractivity contribution in [3.63, 3.8) is 0 Å². The molecule has 1 heterocycles. The van der Waals surface area contributed by atoms with Crippen molar-refractivity contribution in [1.82, 2.24) is 25.9 Å². The van der Waals surface area contributed by atoms with Gasteiger partial charge in [-0.05, 0) is 36.3 Å². The normalized spacial score (nSPS) is 30.0. The molecule has 0 aliphatic heterocycles. The van der Waals surface area contributed by atoms with E-state index in [0.29, 0.717) is 11.8 Å². The maximum Gasteiger partial charge on any atom is 0.293 e. The smallest absolute Gasteiger partial charge is 0.293 e. The van der Waals surface area contributed by atoms with Crippen molar-refractivity contribution in [3.8, 4) is 0 Å². The summed E-state index contributed by atoms with van der Waals surface area (Å²) in [6, 6.07) is 0.241. The van der Waals surface area contributed by atoms with Crippen LogP contribution in [0.15, 0.2) is 0 Å². The molecular formula is C10H17N5O. The molecule has 1 aliphatic rings. The second-order valence-electron chi connectivity index (χ2n) is 4.82. The molecule has 88 valence electrons. The van der Waals surface area contributed by atoms with Gasteiger partial charge in [-0.15, -0.1) is 10.2 Å². The predicted octanol–water partition coefficient (Wildman–Crippen LogP) is 0.754. The van der Waals surface area contributed by atoms with Crippen LogP contribution >= 0.6 is 0 Å². The molecule has 1 aromatic heterocycles. The molecule has 2 N–H and O–H groups in total. The van der Waals surface area contributed by atoms with Gasteiger partial charge in [-0.2, -0.15) is 5.21 Å². The van der Waals surface area contributed by atoms with Gasteiger partial charge in [0.15, 0.2) is 0 Å². The van der Waals surface area contributed by atoms with Gasteiger partial charge in [0, 0.05) is 6.04 Å². The average molecular weight is 223 g/mol. The number of carbonyl (C=O) groups excluding carboxylic acids is 1. The number of H-pyrrole nitrogens is 1. The third kappa shape index (κ3) is 2.56. The summed E-state index contributed by atoms with van der Waals surface area (Å²) < 4.78 is 0. The Hall–Kier alpha value is -1.46. The zero-order valence-electron chi connectivity index (χ0n) is 9.60. The molecule has 1 amide bonds. The maximum atomic E-state index is 11.7. The molecule has 1 fully saturated rings. The number of aromatic nitrogens is 4. The molecule has 1 saturated carbocycles. The summed E-state index contributed by atoms with van der Waals surface area (Å²) in [5, 5.41) is 15.9. The van der Waals surface area contributed by atoms with E-state index >= 15 is 0 Å². The molecule has 0 spiro atoms. The Bertz CT molecular complexity index is 340. The van der Waals surface area contributed by atoms with Crippen LogP contribution in [0.5, 0.6) is 0 Å². The SMILES string of the molecule is CC1CC(C)CC(NC(=O)c2nn[nH]n2)C1. The van der Waals surface area contributed by atoms with Gasteiger partial charge in [-0.25, -0.2) is 0 Å². The second-order valence-corrected chi connectivity index (χ2v) is 4.82. The van der Waals surface area contributed by atoms with Crippen LogP contribution in [0.1, 0.15) is 43.7 Å². The van der Waals surface area contributed by atoms with Crippen LogP contribution in [-0.2, 0) is 0 Å². The van der Waals surface area contributed by atoms with Crippen molar-refractivity contribution in [1.29, 1.82) is 0 Å². The Morgan fingerprint density at radius 3 is 2.56 bits per heavy atom. The lowest BCUT2D eigenvalue weighted by molar-refractivity contribution is 0.0900. The largest absolute Gasteiger partial charge is 0.346 e. The lowest BCUT2D eigenvalue weighted by Crippen LogP contribution is -2.40. The highest BCUT2D eigenvalue weighted by molar-refractivity contribution is 5.90. The molecular weight excluding hydrogens is 206 g/mol. The second kappa shape index (κ2) is 4.59. The number of tetrazole rings is 1. The van der Waals surface area contributed by atoms with Crippen molar-refractivity contribution in [2.75, 3.05) is 0 Å². The molecule has 2 unspecified atom stereocenters. The summed E-state index contributed by atoms with van der Waals surface area (Å²) in [5.74, 6) is 1.21. The maximum absolute atomic E-state index is 11.7. The fourth-order valence-electron chi connectivity index (χ4n) is 2.57. The van der Waals surface area contributed by atoms with E-state index in [9.17, 15) is 4.79 Å². The molecule has 0 saturated heterocycles. The Balaban J connectivity index is 1.92. The fraction of sp³-hybridized carbons (Fsp3) is 0.800. The third-order valence-electron chi connectivity index (χ3n) is 3.06. The summed E-state index contributed by atoms with van der Waals surface area (Å²) >= 11 is 0. The summed E-state index contributed by atoms with van der Waals surface area (Å²) in [5.41, 5.74) is 0. The van der Waals surface area contributed by atoms with Gasteiger partial charge in [0.1, 0.15) is 0 Å². The first kappa shape index (κ1) is 11.0. The molecule has 6 nitrogen and oxygen atoms in total. The Kier molecular flexibility index (Phi) is 3.17. The quantitative estimate of drug-likeness (QED) is 0.775. The topological polar surface area (TPSA) is 83.6 Å². The number of nitrogens with zero attached hydrogens (tertiary/aromatic N) is 3. The summed E-state index contributed by atoms with van der Waals surface area (Å²) in [6.07, 6.45) is 3.32. The Morgan fingerprint density at radius 1 is 1.31 bits per heavy atom. The number of hydrogen-bond donors (Lipinski definition) is 2. The minimum Gasteiger partial charge on any atom is -0.346 e. The first-order chi connectivity index (χ1) is 7.65. The molecule has 2 rings (SSSR count). The van der Waals surface area contributed by atoms with Gasteiger partial charge in [-0.1, -0.05) is 13.8 Å². The van der Waals surface area contributed by atoms with Crippen molar-refractivity contribution < 1.29 is 4.79 Å². The van der Waals surface area contributed by atoms with Gasteiger partial charge < -0.3 is 5.32 Å². The summed E-state index contributed by atoms with van der Waals surface area (Å²) in [4.78, 5) is 11.7. The number of nitrogens with one attached hydrogen (secondary N) is 2. The van der Waals surface area contributed by atoms with Gasteiger partial charge in [0.25, 0.3) is 11.7 Å². The highest BCUT2D eigenvalue weighted by Crippen LogP contribution is 2.28. The van der Waals surface area contributed by atoms with E-state index in [1.54, 1.807) is 0 Å². The minimum atomic E-state index is -0.236. The van der Waals surface area contributed by atoms with Crippen molar-refractivity contribution in [2.45, 2.75) is 39.2 Å². The standard InChI is InChI=1S/C10H17N5O/c1-6-3-7(2)5-8(4-6)11-10(16)9-12-14-15-13-9/h6-8H,3-5H2,1-2H3,(H,11,16)(H,12,13,14,15). The van der Waals surface area contributed by atoms with E-state index in [-0.39, 0.29) is 17.8 Å². The molecule has 6 heteroatoms. The van der Waals surface area contributed by atoms with Crippen molar-refractivity contribution in [3.05, 3.63) is 5.82 Å². The van der Waals surface area contributed by atoms with E-state index in [0.717, 1.165) is 12.8 Å². The van der Waals surface area contributed by atoms with Gasteiger partial charge >= 0.3 is 0 Å². The van der Waals surface area contributed by atoms with Gasteiger partial charge in [-0.3, -0.25) is 4.79 Å². The highest BCUT2D eigenvalue weighted by Gasteiger charge is 2.26. The number of hydrogen-bond acceptors (Lipinski definition) is 4. The van der Waals surface area contributed by atoms with E-state index in [1.165, 1.54) is 6.42 Å². The monoisotopic (exact) mass is 223 g/mol. The van der Waals surface area contributed by atoms with Gasteiger partial charge in [0.05, 0.1) is 0 Å². The van der Waals surface area contributed by atoms with Crippen molar-refractivity contribution >= 4 is 5.91 Å². The Morgan fingerprint density at radius 2 is 2.00 bits per heavy atom. The minimum absolute atomic E-state index is 0.117. The van der Waals surface area contributed by atoms with E-state index in [2.05, 4.69) is 39.8 Å². The summed E-state index contributed by atoms with van der Waals surface area (Å²) in [7, 11) is 0. The highest BCUT2D eigenvalue weighted by atomic mass is 16.2. The van der Waals surface area contributed by atoms with Crippen LogP contribution in [0.4, 0.5) is 0 Å². The third-order valence-corrected chi connectivity index (χ3v) is 3.06. The molecule has 1 aromatic rings.